The van der Waals surface area contributed by atoms with E-state index in [4.69, 9.17) is 11.6 Å². The molecule has 0 aliphatic heterocycles. The predicted molar refractivity (Wildman–Crippen MR) is 102 cm³/mol. The van der Waals surface area contributed by atoms with Gasteiger partial charge < -0.3 is 5.32 Å². The Morgan fingerprint density at radius 3 is 2.72 bits per heavy atom. The molecule has 0 spiro atoms. The quantitative estimate of drug-likeness (QED) is 0.728. The van der Waals surface area contributed by atoms with Crippen LogP contribution in [0.3, 0.4) is 0 Å². The lowest BCUT2D eigenvalue weighted by Crippen LogP contribution is -2.38. The summed E-state index contributed by atoms with van der Waals surface area (Å²) in [4.78, 5) is 12.3. The summed E-state index contributed by atoms with van der Waals surface area (Å²) in [6, 6.07) is 5.23. The maximum Gasteiger partial charge on any atom is 0.239 e. The molecule has 138 valence electrons. The lowest BCUT2D eigenvalue weighted by molar-refractivity contribution is -0.116. The van der Waals surface area contributed by atoms with Crippen molar-refractivity contribution in [3.8, 4) is 0 Å². The minimum absolute atomic E-state index is 0.196. The van der Waals surface area contributed by atoms with E-state index >= 15 is 0 Å². The Balaban J connectivity index is 2.00. The number of benzene rings is 1. The zero-order valence-electron chi connectivity index (χ0n) is 14.7. The van der Waals surface area contributed by atoms with E-state index in [1.807, 2.05) is 6.92 Å². The number of halogens is 1. The van der Waals surface area contributed by atoms with Crippen molar-refractivity contribution in [2.24, 2.45) is 0 Å². The fourth-order valence-electron chi connectivity index (χ4n) is 2.85. The second-order valence-electron chi connectivity index (χ2n) is 6.42. The number of amides is 1. The molecule has 1 aliphatic carbocycles. The number of anilines is 1. The molecule has 0 saturated carbocycles. The molecule has 0 fully saturated rings. The van der Waals surface area contributed by atoms with Crippen molar-refractivity contribution in [2.75, 3.05) is 24.7 Å². The third kappa shape index (κ3) is 6.13. The molecule has 0 aromatic heterocycles. The van der Waals surface area contributed by atoms with Crippen LogP contribution in [-0.2, 0) is 14.8 Å². The summed E-state index contributed by atoms with van der Waals surface area (Å²) in [6.45, 7) is 1.94. The maximum absolute atomic E-state index is 12.3. The monoisotopic (exact) mass is 384 g/mol. The van der Waals surface area contributed by atoms with Gasteiger partial charge in [0.2, 0.25) is 15.9 Å². The molecule has 0 heterocycles. The van der Waals surface area contributed by atoms with E-state index in [9.17, 15) is 13.2 Å². The summed E-state index contributed by atoms with van der Waals surface area (Å²) in [5.41, 5.74) is 2.64. The molecule has 0 unspecified atom stereocenters. The lowest BCUT2D eigenvalue weighted by Gasteiger charge is -2.21. The number of carbonyl (C=O) groups is 1. The molecule has 0 atom stereocenters. The molecule has 5 nitrogen and oxygen atoms in total. The van der Waals surface area contributed by atoms with Gasteiger partial charge in [0.1, 0.15) is 0 Å². The molecule has 1 N–H and O–H groups in total. The fourth-order valence-corrected chi connectivity index (χ4v) is 3.80. The highest BCUT2D eigenvalue weighted by molar-refractivity contribution is 7.88. The SMILES string of the molecule is Cc1c(Cl)cccc1NC(=O)CN(CCC1=CCCCC1)S(C)(=O)=O. The molecule has 1 aliphatic rings. The minimum Gasteiger partial charge on any atom is -0.325 e. The summed E-state index contributed by atoms with van der Waals surface area (Å²) in [7, 11) is -3.45. The van der Waals surface area contributed by atoms with Crippen LogP contribution in [0.5, 0.6) is 0 Å². The van der Waals surface area contributed by atoms with E-state index in [1.165, 1.54) is 16.3 Å². The summed E-state index contributed by atoms with van der Waals surface area (Å²) < 4.78 is 25.3. The Labute approximate surface area is 155 Å². The van der Waals surface area contributed by atoms with Crippen LogP contribution in [0.4, 0.5) is 5.69 Å². The van der Waals surface area contributed by atoms with Crippen molar-refractivity contribution < 1.29 is 13.2 Å². The molecule has 1 aromatic rings. The van der Waals surface area contributed by atoms with Gasteiger partial charge in [0, 0.05) is 17.3 Å². The van der Waals surface area contributed by atoms with Crippen LogP contribution < -0.4 is 5.32 Å². The van der Waals surface area contributed by atoms with Gasteiger partial charge in [-0.1, -0.05) is 29.3 Å². The summed E-state index contributed by atoms with van der Waals surface area (Å²) in [5.74, 6) is -0.367. The maximum atomic E-state index is 12.3. The minimum atomic E-state index is -3.45. The molecule has 1 amide bonds. The van der Waals surface area contributed by atoms with Crippen LogP contribution in [0.15, 0.2) is 29.8 Å². The zero-order valence-corrected chi connectivity index (χ0v) is 16.3. The van der Waals surface area contributed by atoms with Gasteiger partial charge in [-0.2, -0.15) is 4.31 Å². The van der Waals surface area contributed by atoms with Crippen molar-refractivity contribution >= 4 is 33.2 Å². The van der Waals surface area contributed by atoms with Crippen molar-refractivity contribution in [1.29, 1.82) is 0 Å². The van der Waals surface area contributed by atoms with Crippen LogP contribution in [-0.4, -0.2) is 38.0 Å². The lowest BCUT2D eigenvalue weighted by atomic mass is 9.97. The Bertz CT molecular complexity index is 760. The largest absolute Gasteiger partial charge is 0.325 e. The molecule has 25 heavy (non-hydrogen) atoms. The van der Waals surface area contributed by atoms with E-state index in [2.05, 4.69) is 11.4 Å². The van der Waals surface area contributed by atoms with E-state index in [-0.39, 0.29) is 12.5 Å². The van der Waals surface area contributed by atoms with Gasteiger partial charge in [0.05, 0.1) is 12.8 Å². The number of sulfonamides is 1. The van der Waals surface area contributed by atoms with Crippen molar-refractivity contribution in [1.82, 2.24) is 4.31 Å². The number of allylic oxidation sites excluding steroid dienone is 1. The van der Waals surface area contributed by atoms with Gasteiger partial charge in [0.15, 0.2) is 0 Å². The Hall–Kier alpha value is -1.37. The second-order valence-corrected chi connectivity index (χ2v) is 8.80. The number of nitrogens with one attached hydrogen (secondary N) is 1. The molecular formula is C18H25ClN2O3S. The Morgan fingerprint density at radius 1 is 1.32 bits per heavy atom. The van der Waals surface area contributed by atoms with Crippen LogP contribution in [0.2, 0.25) is 5.02 Å². The Morgan fingerprint density at radius 2 is 2.08 bits per heavy atom. The molecule has 2 rings (SSSR count). The first-order chi connectivity index (χ1) is 11.8. The van der Waals surface area contributed by atoms with Gasteiger partial charge >= 0.3 is 0 Å². The molecular weight excluding hydrogens is 360 g/mol. The number of nitrogens with zero attached hydrogens (tertiary/aromatic N) is 1. The molecule has 7 heteroatoms. The molecule has 1 aromatic carbocycles. The van der Waals surface area contributed by atoms with Gasteiger partial charge in [-0.3, -0.25) is 4.79 Å². The smallest absolute Gasteiger partial charge is 0.239 e. The highest BCUT2D eigenvalue weighted by Gasteiger charge is 2.21. The number of hydrogen-bond donors (Lipinski definition) is 1. The van der Waals surface area contributed by atoms with Gasteiger partial charge in [-0.25, -0.2) is 8.42 Å². The molecule has 0 radical (unpaired) electrons. The Kier molecular flexibility index (Phi) is 7.04. The molecule has 0 saturated heterocycles. The third-order valence-electron chi connectivity index (χ3n) is 4.40. The molecule has 0 bridgehead atoms. The highest BCUT2D eigenvalue weighted by atomic mass is 35.5. The average Bonchev–Trinajstić information content (AvgIpc) is 2.55. The predicted octanol–water partition coefficient (Wildman–Crippen LogP) is 3.74. The first kappa shape index (κ1) is 19.9. The zero-order chi connectivity index (χ0) is 18.4. The van der Waals surface area contributed by atoms with Crippen LogP contribution in [0.25, 0.3) is 0 Å². The second kappa shape index (κ2) is 8.83. The van der Waals surface area contributed by atoms with Gasteiger partial charge in [-0.05, 0) is 56.7 Å². The normalized spacial score (nSPS) is 15.1. The number of hydrogen-bond acceptors (Lipinski definition) is 3. The third-order valence-corrected chi connectivity index (χ3v) is 6.06. The van der Waals surface area contributed by atoms with E-state index in [0.29, 0.717) is 23.7 Å². The van der Waals surface area contributed by atoms with Crippen molar-refractivity contribution in [3.05, 3.63) is 40.4 Å². The number of carbonyl (C=O) groups excluding carboxylic acids is 1. The first-order valence-electron chi connectivity index (χ1n) is 8.45. The topological polar surface area (TPSA) is 66.5 Å². The van der Waals surface area contributed by atoms with E-state index in [1.54, 1.807) is 18.2 Å². The van der Waals surface area contributed by atoms with E-state index in [0.717, 1.165) is 31.1 Å². The fraction of sp³-hybridized carbons (Fsp3) is 0.500. The van der Waals surface area contributed by atoms with Gasteiger partial charge in [0.25, 0.3) is 0 Å². The highest BCUT2D eigenvalue weighted by Crippen LogP contribution is 2.23. The number of rotatable bonds is 7. The van der Waals surface area contributed by atoms with Gasteiger partial charge in [-0.15, -0.1) is 0 Å². The summed E-state index contributed by atoms with van der Waals surface area (Å²) in [5, 5.41) is 3.30. The van der Waals surface area contributed by atoms with Crippen molar-refractivity contribution in [3.63, 3.8) is 0 Å². The first-order valence-corrected chi connectivity index (χ1v) is 10.7. The summed E-state index contributed by atoms with van der Waals surface area (Å²) in [6.07, 6.45) is 8.43. The van der Waals surface area contributed by atoms with Crippen molar-refractivity contribution in [2.45, 2.75) is 39.0 Å². The van der Waals surface area contributed by atoms with E-state index < -0.39 is 10.0 Å². The average molecular weight is 385 g/mol. The van der Waals surface area contributed by atoms with Crippen LogP contribution >= 0.6 is 11.6 Å². The standard InChI is InChI=1S/C18H25ClN2O3S/c1-14-16(19)9-6-10-17(14)20-18(22)13-21(25(2,23)24)12-11-15-7-4-3-5-8-15/h6-7,9-10H,3-5,8,11-13H2,1-2H3,(H,20,22). The summed E-state index contributed by atoms with van der Waals surface area (Å²) >= 11 is 6.05. The van der Waals surface area contributed by atoms with Crippen LogP contribution in [0, 0.1) is 6.92 Å². The van der Waals surface area contributed by atoms with Crippen LogP contribution in [0.1, 0.15) is 37.7 Å².